The molecule has 1 amide bonds. The lowest BCUT2D eigenvalue weighted by Crippen LogP contribution is -2.56. The standard InChI is InChI=1S/C14H28N4O/c1-3-16-12(14(15)19)10-18-8-6-13-11(9-18)5-4-7-17(13)2/h11-13,16H,3-10H2,1-2H3,(H2,15,19). The summed E-state index contributed by atoms with van der Waals surface area (Å²) < 4.78 is 0. The molecule has 3 N–H and O–H groups in total. The molecule has 0 aliphatic carbocycles. The maximum atomic E-state index is 11.4. The van der Waals surface area contributed by atoms with E-state index in [0.717, 1.165) is 38.1 Å². The lowest BCUT2D eigenvalue weighted by atomic mass is 9.84. The predicted molar refractivity (Wildman–Crippen MR) is 76.9 cm³/mol. The van der Waals surface area contributed by atoms with Crippen LogP contribution in [0.4, 0.5) is 0 Å². The quantitative estimate of drug-likeness (QED) is 0.729. The molecule has 5 nitrogen and oxygen atoms in total. The van der Waals surface area contributed by atoms with Gasteiger partial charge in [0.15, 0.2) is 0 Å². The number of likely N-dealkylation sites (tertiary alicyclic amines) is 2. The summed E-state index contributed by atoms with van der Waals surface area (Å²) in [6, 6.07) is 0.541. The molecule has 0 spiro atoms. The van der Waals surface area contributed by atoms with Gasteiger partial charge in [-0.05, 0) is 51.9 Å². The molecule has 3 atom stereocenters. The smallest absolute Gasteiger partial charge is 0.235 e. The number of carbonyl (C=O) groups is 1. The molecule has 0 aromatic heterocycles. The van der Waals surface area contributed by atoms with Crippen molar-refractivity contribution in [1.29, 1.82) is 0 Å². The lowest BCUT2D eigenvalue weighted by molar-refractivity contribution is -0.120. The molecule has 0 radical (unpaired) electrons. The van der Waals surface area contributed by atoms with Crippen molar-refractivity contribution in [2.45, 2.75) is 38.3 Å². The Hall–Kier alpha value is -0.650. The maximum absolute atomic E-state index is 11.4. The van der Waals surface area contributed by atoms with Gasteiger partial charge in [0.05, 0.1) is 6.04 Å². The zero-order chi connectivity index (χ0) is 13.8. The Labute approximate surface area is 116 Å². The van der Waals surface area contributed by atoms with Crippen molar-refractivity contribution in [2.75, 3.05) is 39.8 Å². The largest absolute Gasteiger partial charge is 0.368 e. The van der Waals surface area contributed by atoms with E-state index >= 15 is 0 Å². The monoisotopic (exact) mass is 268 g/mol. The van der Waals surface area contributed by atoms with Crippen molar-refractivity contribution >= 4 is 5.91 Å². The van der Waals surface area contributed by atoms with Gasteiger partial charge in [-0.2, -0.15) is 0 Å². The first kappa shape index (κ1) is 14.8. The van der Waals surface area contributed by atoms with Gasteiger partial charge in [-0.1, -0.05) is 6.92 Å². The van der Waals surface area contributed by atoms with Crippen molar-refractivity contribution in [3.63, 3.8) is 0 Å². The van der Waals surface area contributed by atoms with Gasteiger partial charge in [0.25, 0.3) is 0 Å². The van der Waals surface area contributed by atoms with Crippen molar-refractivity contribution in [2.24, 2.45) is 11.7 Å². The first-order valence-electron chi connectivity index (χ1n) is 7.57. The number of fused-ring (bicyclic) bond motifs is 1. The Kier molecular flexibility index (Phi) is 5.19. The Morgan fingerprint density at radius 3 is 2.89 bits per heavy atom. The number of hydrogen-bond acceptors (Lipinski definition) is 4. The van der Waals surface area contributed by atoms with E-state index in [1.165, 1.54) is 25.8 Å². The van der Waals surface area contributed by atoms with E-state index in [1.54, 1.807) is 0 Å². The lowest BCUT2D eigenvalue weighted by Gasteiger charge is -2.46. The number of nitrogens with one attached hydrogen (secondary N) is 1. The summed E-state index contributed by atoms with van der Waals surface area (Å²) in [6.45, 7) is 7.00. The number of hydrogen-bond donors (Lipinski definition) is 2. The van der Waals surface area contributed by atoms with E-state index in [4.69, 9.17) is 5.73 Å². The zero-order valence-corrected chi connectivity index (χ0v) is 12.3. The molecule has 2 aliphatic heterocycles. The summed E-state index contributed by atoms with van der Waals surface area (Å²) >= 11 is 0. The maximum Gasteiger partial charge on any atom is 0.235 e. The molecule has 0 aromatic rings. The van der Waals surface area contributed by atoms with Gasteiger partial charge in [-0.25, -0.2) is 0 Å². The molecule has 19 heavy (non-hydrogen) atoms. The fourth-order valence-corrected chi connectivity index (χ4v) is 3.65. The summed E-state index contributed by atoms with van der Waals surface area (Å²) in [5.41, 5.74) is 5.46. The van der Waals surface area contributed by atoms with Gasteiger partial charge in [0.2, 0.25) is 5.91 Å². The van der Waals surface area contributed by atoms with Crippen LogP contribution in [0.1, 0.15) is 26.2 Å². The fraction of sp³-hybridized carbons (Fsp3) is 0.929. The highest BCUT2D eigenvalue weighted by Gasteiger charge is 2.35. The van der Waals surface area contributed by atoms with Gasteiger partial charge in [0.1, 0.15) is 0 Å². The fourth-order valence-electron chi connectivity index (χ4n) is 3.65. The SMILES string of the molecule is CCNC(CN1CCC2C(CCCN2C)C1)C(N)=O. The molecule has 2 aliphatic rings. The van der Waals surface area contributed by atoms with E-state index in [-0.39, 0.29) is 11.9 Å². The van der Waals surface area contributed by atoms with Crippen LogP contribution < -0.4 is 11.1 Å². The second-order valence-electron chi connectivity index (χ2n) is 6.01. The summed E-state index contributed by atoms with van der Waals surface area (Å²) in [5.74, 6) is 0.535. The third kappa shape index (κ3) is 3.68. The van der Waals surface area contributed by atoms with E-state index in [0.29, 0.717) is 0 Å². The Morgan fingerprint density at radius 1 is 1.42 bits per heavy atom. The third-order valence-electron chi connectivity index (χ3n) is 4.66. The number of likely N-dealkylation sites (N-methyl/N-ethyl adjacent to an activating group) is 1. The Morgan fingerprint density at radius 2 is 2.21 bits per heavy atom. The molecular weight excluding hydrogens is 240 g/mol. The average Bonchev–Trinajstić information content (AvgIpc) is 2.38. The van der Waals surface area contributed by atoms with Crippen molar-refractivity contribution in [3.05, 3.63) is 0 Å². The highest BCUT2D eigenvalue weighted by Crippen LogP contribution is 2.29. The van der Waals surface area contributed by atoms with Crippen LogP contribution in [0.2, 0.25) is 0 Å². The Bertz CT molecular complexity index is 310. The van der Waals surface area contributed by atoms with Crippen LogP contribution in [-0.2, 0) is 4.79 Å². The minimum atomic E-state index is -0.232. The number of carbonyl (C=O) groups excluding carboxylic acids is 1. The highest BCUT2D eigenvalue weighted by molar-refractivity contribution is 5.80. The minimum Gasteiger partial charge on any atom is -0.368 e. The molecular formula is C14H28N4O. The van der Waals surface area contributed by atoms with Crippen molar-refractivity contribution < 1.29 is 4.79 Å². The third-order valence-corrected chi connectivity index (χ3v) is 4.66. The Balaban J connectivity index is 1.87. The van der Waals surface area contributed by atoms with E-state index < -0.39 is 0 Å². The van der Waals surface area contributed by atoms with Gasteiger partial charge >= 0.3 is 0 Å². The van der Waals surface area contributed by atoms with E-state index in [9.17, 15) is 4.79 Å². The number of nitrogens with zero attached hydrogens (tertiary/aromatic N) is 2. The molecule has 0 bridgehead atoms. The first-order chi connectivity index (χ1) is 9.11. The highest BCUT2D eigenvalue weighted by atomic mass is 16.1. The number of piperidine rings is 2. The van der Waals surface area contributed by atoms with Gasteiger partial charge in [-0.15, -0.1) is 0 Å². The molecule has 2 heterocycles. The second kappa shape index (κ2) is 6.68. The molecule has 0 aromatic carbocycles. The first-order valence-corrected chi connectivity index (χ1v) is 7.57. The van der Waals surface area contributed by atoms with Gasteiger partial charge < -0.3 is 20.9 Å². The number of nitrogens with two attached hydrogens (primary N) is 1. The molecule has 0 saturated carbocycles. The normalized spacial score (nSPS) is 30.8. The number of amides is 1. The zero-order valence-electron chi connectivity index (χ0n) is 12.3. The second-order valence-corrected chi connectivity index (χ2v) is 6.01. The summed E-state index contributed by atoms with van der Waals surface area (Å²) in [5, 5.41) is 3.18. The molecule has 2 fully saturated rings. The van der Waals surface area contributed by atoms with E-state index in [2.05, 4.69) is 22.2 Å². The predicted octanol–water partition coefficient (Wildman–Crippen LogP) is -0.134. The van der Waals surface area contributed by atoms with Crippen LogP contribution in [0.3, 0.4) is 0 Å². The van der Waals surface area contributed by atoms with Crippen LogP contribution in [-0.4, -0.2) is 67.6 Å². The number of rotatable bonds is 5. The summed E-state index contributed by atoms with van der Waals surface area (Å²) in [4.78, 5) is 16.4. The topological polar surface area (TPSA) is 61.6 Å². The molecule has 2 saturated heterocycles. The summed E-state index contributed by atoms with van der Waals surface area (Å²) in [6.07, 6.45) is 3.85. The van der Waals surface area contributed by atoms with E-state index in [1.807, 2.05) is 6.92 Å². The van der Waals surface area contributed by atoms with Crippen LogP contribution in [0, 0.1) is 5.92 Å². The molecule has 3 unspecified atom stereocenters. The van der Waals surface area contributed by atoms with Crippen LogP contribution in [0.15, 0.2) is 0 Å². The van der Waals surface area contributed by atoms with Crippen LogP contribution in [0.25, 0.3) is 0 Å². The molecule has 110 valence electrons. The van der Waals surface area contributed by atoms with Crippen LogP contribution >= 0.6 is 0 Å². The minimum absolute atomic E-state index is 0.206. The van der Waals surface area contributed by atoms with Crippen LogP contribution in [0.5, 0.6) is 0 Å². The molecule has 2 rings (SSSR count). The van der Waals surface area contributed by atoms with Gasteiger partial charge in [0, 0.05) is 19.1 Å². The number of primary amides is 1. The van der Waals surface area contributed by atoms with Crippen molar-refractivity contribution in [1.82, 2.24) is 15.1 Å². The molecule has 5 heteroatoms. The van der Waals surface area contributed by atoms with Crippen molar-refractivity contribution in [3.8, 4) is 0 Å². The average molecular weight is 268 g/mol. The van der Waals surface area contributed by atoms with Gasteiger partial charge in [-0.3, -0.25) is 4.79 Å². The summed E-state index contributed by atoms with van der Waals surface area (Å²) in [7, 11) is 2.25.